The summed E-state index contributed by atoms with van der Waals surface area (Å²) >= 11 is 0. The number of hydrogen-bond donors (Lipinski definition) is 0. The normalized spacial score (nSPS) is 16.2. The van der Waals surface area contributed by atoms with Crippen LogP contribution in [0.1, 0.15) is 11.6 Å². The fourth-order valence-corrected chi connectivity index (χ4v) is 7.59. The minimum atomic E-state index is 0.117. The lowest BCUT2D eigenvalue weighted by Gasteiger charge is -2.28. The second kappa shape index (κ2) is 11.5. The molecule has 2 atom stereocenters. The summed E-state index contributed by atoms with van der Waals surface area (Å²) < 4.78 is 2.30. The van der Waals surface area contributed by atoms with Crippen LogP contribution in [0.5, 0.6) is 0 Å². The number of para-hydroxylation sites is 2. The first-order valence-corrected chi connectivity index (χ1v) is 16.9. The van der Waals surface area contributed by atoms with E-state index in [0.717, 1.165) is 61.7 Å². The summed E-state index contributed by atoms with van der Waals surface area (Å²) in [6, 6.07) is 49.0. The van der Waals surface area contributed by atoms with Gasteiger partial charge in [0.25, 0.3) is 0 Å². The van der Waals surface area contributed by atoms with Crippen molar-refractivity contribution in [2.24, 2.45) is 4.99 Å². The maximum Gasteiger partial charge on any atom is 0.101 e. The first-order valence-electron chi connectivity index (χ1n) is 16.9. The quantitative estimate of drug-likeness (QED) is 0.187. The van der Waals surface area contributed by atoms with E-state index in [9.17, 15) is 0 Å². The number of dihydropyridines is 1. The van der Waals surface area contributed by atoms with Gasteiger partial charge >= 0.3 is 0 Å². The van der Waals surface area contributed by atoms with Gasteiger partial charge in [0, 0.05) is 63.1 Å². The van der Waals surface area contributed by atoms with Crippen LogP contribution < -0.4 is 4.90 Å². The Labute approximate surface area is 289 Å². The second-order valence-electron chi connectivity index (χ2n) is 12.7. The number of rotatable bonds is 5. The number of nitrogens with zero attached hydrogens (tertiary/aromatic N) is 6. The van der Waals surface area contributed by atoms with Gasteiger partial charge in [0.05, 0.1) is 39.9 Å². The molecule has 0 amide bonds. The topological polar surface area (TPSA) is 59.2 Å². The Morgan fingerprint density at radius 1 is 0.540 bits per heavy atom. The molecule has 0 saturated heterocycles. The van der Waals surface area contributed by atoms with E-state index in [2.05, 4.69) is 148 Å². The van der Waals surface area contributed by atoms with Crippen molar-refractivity contribution < 1.29 is 0 Å². The van der Waals surface area contributed by atoms with Crippen LogP contribution in [0.25, 0.3) is 61.4 Å². The van der Waals surface area contributed by atoms with Crippen molar-refractivity contribution >= 4 is 39.4 Å². The van der Waals surface area contributed by atoms with E-state index in [-0.39, 0.29) is 12.1 Å². The average molecular weight is 643 g/mol. The molecule has 236 valence electrons. The molecule has 0 radical (unpaired) electrons. The molecule has 8 aromatic rings. The molecule has 0 spiro atoms. The summed E-state index contributed by atoms with van der Waals surface area (Å²) in [6.07, 6.45) is 10.0. The number of aromatic nitrogens is 4. The third-order valence-corrected chi connectivity index (χ3v) is 9.85. The predicted octanol–water partition coefficient (Wildman–Crippen LogP) is 10.2. The molecule has 50 heavy (non-hydrogen) atoms. The van der Waals surface area contributed by atoms with Crippen LogP contribution in [0.2, 0.25) is 0 Å². The fourth-order valence-electron chi connectivity index (χ4n) is 7.59. The highest BCUT2D eigenvalue weighted by atomic mass is 15.2. The maximum atomic E-state index is 5.11. The van der Waals surface area contributed by atoms with Gasteiger partial charge in [-0.15, -0.1) is 0 Å². The molecule has 2 aliphatic rings. The summed E-state index contributed by atoms with van der Waals surface area (Å²) in [5, 5.41) is 2.33. The summed E-state index contributed by atoms with van der Waals surface area (Å²) in [5.41, 5.74) is 12.5. The molecular weight excluding hydrogens is 613 g/mol. The van der Waals surface area contributed by atoms with E-state index in [4.69, 9.17) is 15.0 Å². The Kier molecular flexibility index (Phi) is 6.52. The number of hydrogen-bond acceptors (Lipinski definition) is 5. The lowest BCUT2D eigenvalue weighted by Crippen LogP contribution is -2.28. The van der Waals surface area contributed by atoms with Crippen molar-refractivity contribution in [3.05, 3.63) is 170 Å². The number of benzene rings is 4. The smallest absolute Gasteiger partial charge is 0.101 e. The predicted molar refractivity (Wildman–Crippen MR) is 203 cm³/mol. The van der Waals surface area contributed by atoms with Gasteiger partial charge in [-0.1, -0.05) is 78.9 Å². The monoisotopic (exact) mass is 642 g/mol. The van der Waals surface area contributed by atoms with E-state index >= 15 is 0 Å². The summed E-state index contributed by atoms with van der Waals surface area (Å²) in [6.45, 7) is 0. The van der Waals surface area contributed by atoms with Crippen LogP contribution in [0, 0.1) is 0 Å². The van der Waals surface area contributed by atoms with Gasteiger partial charge in [-0.05, 0) is 72.8 Å². The molecule has 0 aliphatic carbocycles. The van der Waals surface area contributed by atoms with E-state index in [0.29, 0.717) is 0 Å². The zero-order valence-corrected chi connectivity index (χ0v) is 27.0. The van der Waals surface area contributed by atoms with Crippen molar-refractivity contribution in [2.45, 2.75) is 12.1 Å². The van der Waals surface area contributed by atoms with Crippen LogP contribution in [0.15, 0.2) is 169 Å². The molecular formula is C44H30N6. The first kappa shape index (κ1) is 28.4. The Hall–Kier alpha value is -6.66. The number of anilines is 2. The van der Waals surface area contributed by atoms with Gasteiger partial charge in [-0.25, -0.2) is 9.97 Å². The van der Waals surface area contributed by atoms with E-state index in [1.807, 2.05) is 36.8 Å². The average Bonchev–Trinajstić information content (AvgIpc) is 3.71. The van der Waals surface area contributed by atoms with E-state index in [1.54, 1.807) is 0 Å². The second-order valence-corrected chi connectivity index (χ2v) is 12.7. The summed E-state index contributed by atoms with van der Waals surface area (Å²) in [4.78, 5) is 21.8. The molecule has 0 bridgehead atoms. The van der Waals surface area contributed by atoms with Crippen LogP contribution in [-0.2, 0) is 0 Å². The molecule has 0 N–H and O–H groups in total. The summed E-state index contributed by atoms with van der Waals surface area (Å²) in [5.74, 6) is 0. The molecule has 6 heteroatoms. The zero-order chi connectivity index (χ0) is 33.0. The van der Waals surface area contributed by atoms with Crippen LogP contribution in [0.4, 0.5) is 11.4 Å². The molecule has 4 aromatic carbocycles. The van der Waals surface area contributed by atoms with Crippen molar-refractivity contribution in [3.63, 3.8) is 0 Å². The Balaban J connectivity index is 0.966. The highest BCUT2D eigenvalue weighted by Gasteiger charge is 2.38. The van der Waals surface area contributed by atoms with Gasteiger partial charge in [-0.2, -0.15) is 0 Å². The standard InChI is InChI=1S/C44H30N6/c1-3-17-40-33(11-1)35-28-45-26-24-42(35)50(40)32-10-5-9-30(27-32)37-14-7-16-39(48-37)38-15-6-13-36(47-38)29-20-22-31(23-21-29)49-41-18-4-2-12-34(41)44-43(49)19-8-25-46-44/h1-28,43-44H. The Morgan fingerprint density at radius 3 is 2.12 bits per heavy atom. The van der Waals surface area contributed by atoms with Crippen molar-refractivity contribution in [3.8, 4) is 39.6 Å². The molecule has 0 fully saturated rings. The van der Waals surface area contributed by atoms with Gasteiger partial charge < -0.3 is 9.47 Å². The third-order valence-electron chi connectivity index (χ3n) is 9.85. The van der Waals surface area contributed by atoms with Gasteiger partial charge in [0.2, 0.25) is 0 Å². The van der Waals surface area contributed by atoms with Crippen molar-refractivity contribution in [1.82, 2.24) is 19.5 Å². The van der Waals surface area contributed by atoms with Crippen molar-refractivity contribution in [1.29, 1.82) is 0 Å². The van der Waals surface area contributed by atoms with Crippen LogP contribution in [-0.4, -0.2) is 31.8 Å². The van der Waals surface area contributed by atoms with Crippen LogP contribution >= 0.6 is 0 Å². The summed E-state index contributed by atoms with van der Waals surface area (Å²) in [7, 11) is 0. The molecule has 2 unspecified atom stereocenters. The highest BCUT2D eigenvalue weighted by Crippen LogP contribution is 2.47. The number of allylic oxidation sites excluding steroid dienone is 1. The lowest BCUT2D eigenvalue weighted by molar-refractivity contribution is 0.667. The SMILES string of the molecule is C1=CC2C(N=C1)c1ccccc1N2c1ccc(-c2cccc(-c3cccc(-c4cccc(-n5c6ccccc6c6cnccc65)c4)n3)n2)cc1. The third kappa shape index (κ3) is 4.57. The maximum absolute atomic E-state index is 5.11. The van der Waals surface area contributed by atoms with E-state index < -0.39 is 0 Å². The largest absolute Gasteiger partial charge is 0.332 e. The Morgan fingerprint density at radius 2 is 1.26 bits per heavy atom. The van der Waals surface area contributed by atoms with Gasteiger partial charge in [0.15, 0.2) is 0 Å². The molecule has 2 aliphatic heterocycles. The van der Waals surface area contributed by atoms with Gasteiger partial charge in [-0.3, -0.25) is 9.98 Å². The molecule has 6 nitrogen and oxygen atoms in total. The van der Waals surface area contributed by atoms with Crippen LogP contribution in [0.3, 0.4) is 0 Å². The lowest BCUT2D eigenvalue weighted by atomic mass is 10.0. The van der Waals surface area contributed by atoms with Gasteiger partial charge in [0.1, 0.15) is 6.04 Å². The number of pyridine rings is 3. The molecule has 4 aromatic heterocycles. The number of aliphatic imine (C=N–C) groups is 1. The minimum Gasteiger partial charge on any atom is -0.332 e. The van der Waals surface area contributed by atoms with E-state index in [1.165, 1.54) is 16.6 Å². The minimum absolute atomic E-state index is 0.117. The molecule has 10 rings (SSSR count). The first-order chi connectivity index (χ1) is 24.8. The fraction of sp³-hybridized carbons (Fsp3) is 0.0455. The van der Waals surface area contributed by atoms with Crippen molar-refractivity contribution in [2.75, 3.05) is 4.90 Å². The highest BCUT2D eigenvalue weighted by molar-refractivity contribution is 6.08. The molecule has 6 heterocycles. The molecule has 0 saturated carbocycles. The Bertz CT molecular complexity index is 2580. The zero-order valence-electron chi connectivity index (χ0n) is 27.0. The number of fused-ring (bicyclic) bond motifs is 6.